The molecule has 17 heavy (non-hydrogen) atoms. The third kappa shape index (κ3) is 3.74. The summed E-state index contributed by atoms with van der Waals surface area (Å²) in [6.45, 7) is 0. The normalized spacial score (nSPS) is 20.4. The number of allylic oxidation sites excluding steroid dienone is 2. The van der Waals surface area contributed by atoms with Gasteiger partial charge >= 0.3 is 5.97 Å². The van der Waals surface area contributed by atoms with E-state index in [1.54, 1.807) is 0 Å². The van der Waals surface area contributed by atoms with Crippen molar-refractivity contribution in [2.75, 3.05) is 0 Å². The highest BCUT2D eigenvalue weighted by molar-refractivity contribution is 5.75. The molecule has 0 aromatic heterocycles. The van der Waals surface area contributed by atoms with Crippen LogP contribution in [0, 0.1) is 5.92 Å². The number of benzene rings is 1. The largest absolute Gasteiger partial charge is 0.426 e. The van der Waals surface area contributed by atoms with Crippen molar-refractivity contribution >= 4 is 5.97 Å². The molecule has 0 aliphatic heterocycles. The van der Waals surface area contributed by atoms with Crippen molar-refractivity contribution in [3.8, 4) is 5.75 Å². The van der Waals surface area contributed by atoms with Crippen LogP contribution in [0.15, 0.2) is 42.5 Å². The Morgan fingerprint density at radius 3 is 2.65 bits per heavy atom. The molecule has 0 fully saturated rings. The van der Waals surface area contributed by atoms with Crippen LogP contribution >= 0.6 is 0 Å². The lowest BCUT2D eigenvalue weighted by Gasteiger charge is -2.16. The highest BCUT2D eigenvalue weighted by Crippen LogP contribution is 2.21. The van der Waals surface area contributed by atoms with Crippen LogP contribution in [0.1, 0.15) is 32.1 Å². The highest BCUT2D eigenvalue weighted by atomic mass is 16.5. The van der Waals surface area contributed by atoms with Crippen LogP contribution < -0.4 is 4.74 Å². The molecule has 90 valence electrons. The van der Waals surface area contributed by atoms with E-state index in [0.717, 1.165) is 32.1 Å². The maximum absolute atomic E-state index is 12.0. The molecule has 1 aliphatic carbocycles. The molecular weight excluding hydrogens is 212 g/mol. The number of carbonyl (C=O) groups excluding carboxylic acids is 1. The monoisotopic (exact) mass is 230 g/mol. The topological polar surface area (TPSA) is 26.3 Å². The van der Waals surface area contributed by atoms with Crippen molar-refractivity contribution in [1.29, 1.82) is 0 Å². The Hall–Kier alpha value is -1.57. The van der Waals surface area contributed by atoms with Gasteiger partial charge in [-0.25, -0.2) is 0 Å². The lowest BCUT2D eigenvalue weighted by molar-refractivity contribution is -0.139. The molecule has 0 saturated carbocycles. The van der Waals surface area contributed by atoms with Crippen LogP contribution in [0.5, 0.6) is 5.75 Å². The van der Waals surface area contributed by atoms with Gasteiger partial charge in [0.2, 0.25) is 0 Å². The van der Waals surface area contributed by atoms with Gasteiger partial charge in [-0.3, -0.25) is 4.79 Å². The fraction of sp³-hybridized carbons (Fsp3) is 0.400. The summed E-state index contributed by atoms with van der Waals surface area (Å²) in [6, 6.07) is 9.31. The Bertz CT molecular complexity index is 381. The number of esters is 1. The third-order valence-electron chi connectivity index (χ3n) is 3.07. The first kappa shape index (κ1) is 11.9. The lowest BCUT2D eigenvalue weighted by Crippen LogP contribution is -2.21. The fourth-order valence-electron chi connectivity index (χ4n) is 2.08. The summed E-state index contributed by atoms with van der Waals surface area (Å²) < 4.78 is 5.39. The number of hydrogen-bond acceptors (Lipinski definition) is 2. The van der Waals surface area contributed by atoms with Crippen molar-refractivity contribution < 1.29 is 9.53 Å². The van der Waals surface area contributed by atoms with Crippen LogP contribution in [-0.4, -0.2) is 5.97 Å². The maximum atomic E-state index is 12.0. The minimum absolute atomic E-state index is 0.0557. The van der Waals surface area contributed by atoms with Gasteiger partial charge in [-0.15, -0.1) is 0 Å². The molecule has 0 saturated heterocycles. The SMILES string of the molecule is O=C(Oc1ccccc1)C1CCC=CCCC1. The van der Waals surface area contributed by atoms with E-state index in [4.69, 9.17) is 4.74 Å². The van der Waals surface area contributed by atoms with Gasteiger partial charge in [0.05, 0.1) is 5.92 Å². The van der Waals surface area contributed by atoms with Crippen LogP contribution in [0.2, 0.25) is 0 Å². The second kappa shape index (κ2) is 6.24. The van der Waals surface area contributed by atoms with Gasteiger partial charge in [-0.05, 0) is 44.2 Å². The van der Waals surface area contributed by atoms with E-state index in [0.29, 0.717) is 5.75 Å². The van der Waals surface area contributed by atoms with Gasteiger partial charge in [0.15, 0.2) is 0 Å². The number of ether oxygens (including phenoxy) is 1. The van der Waals surface area contributed by atoms with E-state index in [9.17, 15) is 4.79 Å². The van der Waals surface area contributed by atoms with Crippen LogP contribution in [0.4, 0.5) is 0 Å². The van der Waals surface area contributed by atoms with Gasteiger partial charge in [0, 0.05) is 0 Å². The van der Waals surface area contributed by atoms with Gasteiger partial charge in [0.1, 0.15) is 5.75 Å². The Morgan fingerprint density at radius 1 is 1.06 bits per heavy atom. The molecular formula is C15H18O2. The van der Waals surface area contributed by atoms with Crippen molar-refractivity contribution in [1.82, 2.24) is 0 Å². The second-order valence-electron chi connectivity index (χ2n) is 4.41. The molecule has 0 bridgehead atoms. The summed E-state index contributed by atoms with van der Waals surface area (Å²) in [5, 5.41) is 0. The Balaban J connectivity index is 1.92. The molecule has 1 atom stereocenters. The molecule has 0 N–H and O–H groups in total. The molecule has 1 aromatic carbocycles. The van der Waals surface area contributed by atoms with Gasteiger partial charge in [-0.1, -0.05) is 30.4 Å². The molecule has 2 rings (SSSR count). The zero-order valence-corrected chi connectivity index (χ0v) is 9.97. The average Bonchev–Trinajstić information content (AvgIpc) is 2.29. The first-order valence-electron chi connectivity index (χ1n) is 6.28. The molecule has 1 aliphatic rings. The van der Waals surface area contributed by atoms with Crippen molar-refractivity contribution in [2.24, 2.45) is 5.92 Å². The fourth-order valence-corrected chi connectivity index (χ4v) is 2.08. The van der Waals surface area contributed by atoms with Crippen LogP contribution in [-0.2, 0) is 4.79 Å². The minimum atomic E-state index is -0.0773. The average molecular weight is 230 g/mol. The van der Waals surface area contributed by atoms with Gasteiger partial charge in [0.25, 0.3) is 0 Å². The first-order chi connectivity index (χ1) is 8.36. The summed E-state index contributed by atoms with van der Waals surface area (Å²) in [5.41, 5.74) is 0. The van der Waals surface area contributed by atoms with E-state index < -0.39 is 0 Å². The van der Waals surface area contributed by atoms with E-state index in [2.05, 4.69) is 12.2 Å². The third-order valence-corrected chi connectivity index (χ3v) is 3.07. The summed E-state index contributed by atoms with van der Waals surface area (Å²) >= 11 is 0. The summed E-state index contributed by atoms with van der Waals surface area (Å²) in [5.74, 6) is 0.627. The van der Waals surface area contributed by atoms with Gasteiger partial charge < -0.3 is 4.74 Å². The maximum Gasteiger partial charge on any atom is 0.314 e. The zero-order chi connectivity index (χ0) is 11.9. The predicted molar refractivity (Wildman–Crippen MR) is 67.8 cm³/mol. The number of rotatable bonds is 2. The van der Waals surface area contributed by atoms with Crippen LogP contribution in [0.3, 0.4) is 0 Å². The molecule has 1 aromatic rings. The summed E-state index contributed by atoms with van der Waals surface area (Å²) in [7, 11) is 0. The smallest absolute Gasteiger partial charge is 0.314 e. The quantitative estimate of drug-likeness (QED) is 0.439. The first-order valence-corrected chi connectivity index (χ1v) is 6.28. The van der Waals surface area contributed by atoms with Crippen molar-refractivity contribution in [3.63, 3.8) is 0 Å². The van der Waals surface area contributed by atoms with E-state index >= 15 is 0 Å². The predicted octanol–water partition coefficient (Wildman–Crippen LogP) is 3.73. The molecule has 1 unspecified atom stereocenters. The minimum Gasteiger partial charge on any atom is -0.426 e. The Labute approximate surface area is 102 Å². The Morgan fingerprint density at radius 2 is 1.82 bits per heavy atom. The van der Waals surface area contributed by atoms with E-state index in [-0.39, 0.29) is 11.9 Å². The van der Waals surface area contributed by atoms with Crippen molar-refractivity contribution in [2.45, 2.75) is 32.1 Å². The Kier molecular flexibility index (Phi) is 4.37. The molecule has 2 nitrogen and oxygen atoms in total. The molecule has 0 radical (unpaired) electrons. The summed E-state index contributed by atoms with van der Waals surface area (Å²) in [4.78, 5) is 12.0. The van der Waals surface area contributed by atoms with E-state index in [1.165, 1.54) is 0 Å². The van der Waals surface area contributed by atoms with Gasteiger partial charge in [-0.2, -0.15) is 0 Å². The standard InChI is InChI=1S/C15H18O2/c16-15(17-14-11-7-4-8-12-14)13-9-5-2-1-3-6-10-13/h1-2,4,7-8,11-13H,3,5-6,9-10H2. The second-order valence-corrected chi connectivity index (χ2v) is 4.41. The number of para-hydroxylation sites is 1. The molecule has 2 heteroatoms. The number of carbonyl (C=O) groups is 1. The molecule has 0 heterocycles. The number of hydrogen-bond donors (Lipinski definition) is 0. The molecule has 0 amide bonds. The zero-order valence-electron chi connectivity index (χ0n) is 9.97. The van der Waals surface area contributed by atoms with Crippen LogP contribution in [0.25, 0.3) is 0 Å². The van der Waals surface area contributed by atoms with Crippen molar-refractivity contribution in [3.05, 3.63) is 42.5 Å². The highest BCUT2D eigenvalue weighted by Gasteiger charge is 2.20. The lowest BCUT2D eigenvalue weighted by atomic mass is 9.94. The molecule has 0 spiro atoms. The van der Waals surface area contributed by atoms with E-state index in [1.807, 2.05) is 30.3 Å². The summed E-state index contributed by atoms with van der Waals surface area (Å²) in [6.07, 6.45) is 9.35.